The number of ketones is 1. The quantitative estimate of drug-likeness (QED) is 0.794. The zero-order chi connectivity index (χ0) is 14.7. The van der Waals surface area contributed by atoms with Crippen molar-refractivity contribution in [3.63, 3.8) is 0 Å². The Morgan fingerprint density at radius 2 is 2.20 bits per heavy atom. The highest BCUT2D eigenvalue weighted by molar-refractivity contribution is 6.31. The maximum Gasteiger partial charge on any atom is 0.165 e. The van der Waals surface area contributed by atoms with Crippen LogP contribution < -0.4 is 4.74 Å². The van der Waals surface area contributed by atoms with E-state index in [1.165, 1.54) is 13.3 Å². The average Bonchev–Trinajstić information content (AvgIpc) is 2.85. The van der Waals surface area contributed by atoms with Crippen molar-refractivity contribution in [2.45, 2.75) is 33.4 Å². The zero-order valence-corrected chi connectivity index (χ0v) is 12.4. The lowest BCUT2D eigenvalue weighted by Crippen LogP contribution is -2.11. The SMILES string of the molecule is CC(=O)c1cc(Cl)ccc1OCc1ncnn1C(C)C. The number of carbonyl (C=O) groups is 1. The second-order valence-electron chi connectivity index (χ2n) is 4.70. The third kappa shape index (κ3) is 3.17. The summed E-state index contributed by atoms with van der Waals surface area (Å²) in [5, 5.41) is 4.64. The number of hydrogen-bond donors (Lipinski definition) is 0. The van der Waals surface area contributed by atoms with Gasteiger partial charge < -0.3 is 4.74 Å². The Kier molecular flexibility index (Phi) is 4.39. The Bertz CT molecular complexity index is 623. The molecule has 0 spiro atoms. The van der Waals surface area contributed by atoms with Crippen LogP contribution in [0.2, 0.25) is 5.02 Å². The molecule has 1 aromatic carbocycles. The minimum Gasteiger partial charge on any atom is -0.485 e. The van der Waals surface area contributed by atoms with Crippen molar-refractivity contribution in [3.05, 3.63) is 40.9 Å². The number of rotatable bonds is 5. The topological polar surface area (TPSA) is 57.0 Å². The molecule has 0 unspecified atom stereocenters. The van der Waals surface area contributed by atoms with Gasteiger partial charge in [-0.05, 0) is 39.0 Å². The Balaban J connectivity index is 2.19. The molecule has 1 aromatic heterocycles. The predicted octanol–water partition coefficient (Wildman–Crippen LogP) is 3.29. The normalized spacial score (nSPS) is 10.8. The van der Waals surface area contributed by atoms with Crippen LogP contribution in [0.25, 0.3) is 0 Å². The van der Waals surface area contributed by atoms with Crippen LogP contribution in [0.15, 0.2) is 24.5 Å². The molecule has 0 aliphatic carbocycles. The van der Waals surface area contributed by atoms with Gasteiger partial charge in [-0.1, -0.05) is 11.6 Å². The fraction of sp³-hybridized carbons (Fsp3) is 0.357. The molecular formula is C14H16ClN3O2. The number of benzene rings is 1. The molecule has 0 aliphatic heterocycles. The lowest BCUT2D eigenvalue weighted by Gasteiger charge is -2.12. The highest BCUT2D eigenvalue weighted by Gasteiger charge is 2.12. The van der Waals surface area contributed by atoms with Crippen molar-refractivity contribution < 1.29 is 9.53 Å². The first kappa shape index (κ1) is 14.5. The zero-order valence-electron chi connectivity index (χ0n) is 11.6. The van der Waals surface area contributed by atoms with Gasteiger partial charge in [-0.15, -0.1) is 0 Å². The first-order chi connectivity index (χ1) is 9.49. The van der Waals surface area contributed by atoms with Gasteiger partial charge in [-0.25, -0.2) is 9.67 Å². The van der Waals surface area contributed by atoms with E-state index in [9.17, 15) is 4.79 Å². The Morgan fingerprint density at radius 3 is 2.85 bits per heavy atom. The molecule has 5 nitrogen and oxygen atoms in total. The molecule has 0 bridgehead atoms. The molecule has 0 saturated carbocycles. The molecule has 106 valence electrons. The molecule has 2 aromatic rings. The van der Waals surface area contributed by atoms with Crippen LogP contribution in [0.1, 0.15) is 43.0 Å². The van der Waals surface area contributed by atoms with E-state index in [2.05, 4.69) is 10.1 Å². The van der Waals surface area contributed by atoms with Crippen LogP contribution in [0.4, 0.5) is 0 Å². The largest absolute Gasteiger partial charge is 0.485 e. The summed E-state index contributed by atoms with van der Waals surface area (Å²) < 4.78 is 7.47. The van der Waals surface area contributed by atoms with E-state index in [1.54, 1.807) is 22.9 Å². The van der Waals surface area contributed by atoms with Gasteiger partial charge in [-0.2, -0.15) is 5.10 Å². The van der Waals surface area contributed by atoms with Gasteiger partial charge in [0.05, 0.1) is 5.56 Å². The van der Waals surface area contributed by atoms with Gasteiger partial charge in [0.1, 0.15) is 18.7 Å². The summed E-state index contributed by atoms with van der Waals surface area (Å²) in [5.74, 6) is 1.12. The first-order valence-corrected chi connectivity index (χ1v) is 6.68. The summed E-state index contributed by atoms with van der Waals surface area (Å²) in [4.78, 5) is 15.7. The number of carbonyl (C=O) groups excluding carboxylic acids is 1. The molecule has 0 N–H and O–H groups in total. The van der Waals surface area contributed by atoms with E-state index in [0.29, 0.717) is 22.2 Å². The standard InChI is InChI=1S/C14H16ClN3O2/c1-9(2)18-14(16-8-17-18)7-20-13-5-4-11(15)6-12(13)10(3)19/h4-6,8-9H,7H2,1-3H3. The fourth-order valence-electron chi connectivity index (χ4n) is 1.85. The van der Waals surface area contributed by atoms with Gasteiger partial charge >= 0.3 is 0 Å². The van der Waals surface area contributed by atoms with Gasteiger partial charge in [0.25, 0.3) is 0 Å². The third-order valence-electron chi connectivity index (χ3n) is 2.81. The molecule has 2 rings (SSSR count). The Morgan fingerprint density at radius 1 is 1.45 bits per heavy atom. The van der Waals surface area contributed by atoms with Crippen molar-refractivity contribution >= 4 is 17.4 Å². The van der Waals surface area contributed by atoms with Crippen molar-refractivity contribution in [1.82, 2.24) is 14.8 Å². The van der Waals surface area contributed by atoms with E-state index in [0.717, 1.165) is 0 Å². The lowest BCUT2D eigenvalue weighted by molar-refractivity contribution is 0.101. The van der Waals surface area contributed by atoms with E-state index in [-0.39, 0.29) is 18.4 Å². The number of halogens is 1. The van der Waals surface area contributed by atoms with Crippen LogP contribution >= 0.6 is 11.6 Å². The molecule has 20 heavy (non-hydrogen) atoms. The average molecular weight is 294 g/mol. The second-order valence-corrected chi connectivity index (χ2v) is 5.14. The number of aromatic nitrogens is 3. The van der Waals surface area contributed by atoms with E-state index < -0.39 is 0 Å². The fourth-order valence-corrected chi connectivity index (χ4v) is 2.03. The molecule has 1 heterocycles. The summed E-state index contributed by atoms with van der Waals surface area (Å²) >= 11 is 5.89. The van der Waals surface area contributed by atoms with E-state index in [1.807, 2.05) is 13.8 Å². The van der Waals surface area contributed by atoms with Crippen LogP contribution in [0.3, 0.4) is 0 Å². The maximum absolute atomic E-state index is 11.6. The summed E-state index contributed by atoms with van der Waals surface area (Å²) in [7, 11) is 0. The molecule has 0 radical (unpaired) electrons. The Labute approximate surface area is 122 Å². The second kappa shape index (κ2) is 6.05. The number of ether oxygens (including phenoxy) is 1. The molecule has 6 heteroatoms. The number of Topliss-reactive ketones (excluding diaryl/α,β-unsaturated/α-hetero) is 1. The minimum absolute atomic E-state index is 0.0900. The number of hydrogen-bond acceptors (Lipinski definition) is 4. The van der Waals surface area contributed by atoms with Gasteiger partial charge in [-0.3, -0.25) is 4.79 Å². The lowest BCUT2D eigenvalue weighted by atomic mass is 10.1. The van der Waals surface area contributed by atoms with E-state index in [4.69, 9.17) is 16.3 Å². The van der Waals surface area contributed by atoms with Crippen molar-refractivity contribution in [3.8, 4) is 5.75 Å². The highest BCUT2D eigenvalue weighted by Crippen LogP contribution is 2.24. The monoisotopic (exact) mass is 293 g/mol. The smallest absolute Gasteiger partial charge is 0.165 e. The van der Waals surface area contributed by atoms with Gasteiger partial charge in [0.15, 0.2) is 11.6 Å². The maximum atomic E-state index is 11.6. The number of nitrogens with zero attached hydrogens (tertiary/aromatic N) is 3. The van der Waals surface area contributed by atoms with Crippen LogP contribution in [-0.4, -0.2) is 20.5 Å². The molecule has 0 atom stereocenters. The summed E-state index contributed by atoms with van der Waals surface area (Å²) in [6, 6.07) is 5.19. The molecule has 0 aliphatic rings. The van der Waals surface area contributed by atoms with Crippen molar-refractivity contribution in [2.24, 2.45) is 0 Å². The molecule has 0 saturated heterocycles. The minimum atomic E-state index is -0.0900. The predicted molar refractivity (Wildman–Crippen MR) is 76.2 cm³/mol. The van der Waals surface area contributed by atoms with Crippen LogP contribution in [-0.2, 0) is 6.61 Å². The molecule has 0 fully saturated rings. The van der Waals surface area contributed by atoms with Crippen LogP contribution in [0, 0.1) is 0 Å². The summed E-state index contributed by atoms with van der Waals surface area (Å²) in [6.07, 6.45) is 1.49. The first-order valence-electron chi connectivity index (χ1n) is 6.30. The summed E-state index contributed by atoms with van der Waals surface area (Å²) in [6.45, 7) is 5.76. The highest BCUT2D eigenvalue weighted by atomic mass is 35.5. The van der Waals surface area contributed by atoms with Crippen LogP contribution in [0.5, 0.6) is 5.75 Å². The van der Waals surface area contributed by atoms with Gasteiger partial charge in [0.2, 0.25) is 0 Å². The van der Waals surface area contributed by atoms with Gasteiger partial charge in [0, 0.05) is 11.1 Å². The van der Waals surface area contributed by atoms with Crippen molar-refractivity contribution in [2.75, 3.05) is 0 Å². The van der Waals surface area contributed by atoms with E-state index >= 15 is 0 Å². The molecule has 0 amide bonds. The summed E-state index contributed by atoms with van der Waals surface area (Å²) in [5.41, 5.74) is 0.466. The molecular weight excluding hydrogens is 278 g/mol. The Hall–Kier alpha value is -1.88. The third-order valence-corrected chi connectivity index (χ3v) is 3.05. The van der Waals surface area contributed by atoms with Crippen molar-refractivity contribution in [1.29, 1.82) is 0 Å².